The van der Waals surface area contributed by atoms with Gasteiger partial charge in [0.1, 0.15) is 0 Å². The molecular formula is C12H10I2Zr. The topological polar surface area (TPSA) is 0 Å². The number of rotatable bonds is 2. The maximum atomic E-state index is 2.70. The molecule has 0 bridgehead atoms. The predicted molar refractivity (Wildman–Crippen MR) is 80.2 cm³/mol. The van der Waals surface area contributed by atoms with E-state index >= 15 is 0 Å². The molecule has 0 aromatic heterocycles. The molecule has 0 radical (unpaired) electrons. The third-order valence-corrected chi connectivity index (χ3v) is 22.2. The molecule has 3 heteroatoms. The van der Waals surface area contributed by atoms with Crippen LogP contribution in [0.2, 0.25) is 0 Å². The Balaban J connectivity index is 2.44. The predicted octanol–water partition coefficient (Wildman–Crippen LogP) is 3.49. The van der Waals surface area contributed by atoms with Gasteiger partial charge in [-0.25, -0.2) is 0 Å². The van der Waals surface area contributed by atoms with E-state index in [1.54, 1.807) is 6.54 Å². The molecule has 0 spiro atoms. The average molecular weight is 499 g/mol. The van der Waals surface area contributed by atoms with Gasteiger partial charge in [0, 0.05) is 0 Å². The van der Waals surface area contributed by atoms with Crippen LogP contribution in [0.5, 0.6) is 0 Å². The molecule has 0 N–H and O–H groups in total. The van der Waals surface area contributed by atoms with Crippen molar-refractivity contribution in [2.75, 3.05) is 0 Å². The molecule has 0 heterocycles. The van der Waals surface area contributed by atoms with E-state index in [0.29, 0.717) is 0 Å². The molecule has 0 saturated heterocycles. The second-order valence-corrected chi connectivity index (χ2v) is 40.3. The summed E-state index contributed by atoms with van der Waals surface area (Å²) >= 11 is 3.10. The first kappa shape index (κ1) is 12.2. The van der Waals surface area contributed by atoms with Crippen molar-refractivity contribution < 1.29 is 11.9 Å². The summed E-state index contributed by atoms with van der Waals surface area (Å²) in [4.78, 5) is 0. The van der Waals surface area contributed by atoms with Crippen LogP contribution in [0.4, 0.5) is 0 Å². The molecular weight excluding hydrogens is 489 g/mol. The molecule has 0 fully saturated rings. The summed E-state index contributed by atoms with van der Waals surface area (Å²) < 4.78 is 3.08. The fourth-order valence-corrected chi connectivity index (χ4v) is 13.8. The number of benzene rings is 2. The Kier molecular flexibility index (Phi) is 4.42. The van der Waals surface area contributed by atoms with Gasteiger partial charge in [-0.3, -0.25) is 0 Å². The minimum atomic E-state index is -2.30. The summed E-state index contributed by atoms with van der Waals surface area (Å²) in [6.07, 6.45) is 0. The van der Waals surface area contributed by atoms with Crippen LogP contribution < -0.4 is 6.54 Å². The summed E-state index contributed by atoms with van der Waals surface area (Å²) in [5.41, 5.74) is 0. The van der Waals surface area contributed by atoms with Gasteiger partial charge in [0.25, 0.3) is 0 Å². The number of hydrogen-bond donors (Lipinski definition) is 0. The van der Waals surface area contributed by atoms with Gasteiger partial charge in [-0.05, 0) is 0 Å². The molecule has 2 aromatic carbocycles. The van der Waals surface area contributed by atoms with Gasteiger partial charge in [-0.2, -0.15) is 0 Å². The Hall–Kier alpha value is 0.783. The van der Waals surface area contributed by atoms with Gasteiger partial charge in [0.2, 0.25) is 0 Å². The molecule has 76 valence electrons. The van der Waals surface area contributed by atoms with Crippen molar-refractivity contribution in [3.8, 4) is 0 Å². The van der Waals surface area contributed by atoms with Gasteiger partial charge >= 0.3 is 115 Å². The molecule has 0 aliphatic heterocycles. The van der Waals surface area contributed by atoms with E-state index in [0.717, 1.165) is 0 Å². The summed E-state index contributed by atoms with van der Waals surface area (Å²) in [6, 6.07) is 21.8. The van der Waals surface area contributed by atoms with Gasteiger partial charge < -0.3 is 0 Å². The van der Waals surface area contributed by atoms with Gasteiger partial charge in [-0.1, -0.05) is 0 Å². The standard InChI is InChI=1S/2C6H5.2HI.Zr/c2*1-2-4-6-5-3-1;;;/h2*1-5H;2*1H;/q;;;;+2/p-2. The van der Waals surface area contributed by atoms with Crippen LogP contribution >= 0.6 is 36.1 Å². The van der Waals surface area contributed by atoms with Gasteiger partial charge in [0.05, 0.1) is 0 Å². The quantitative estimate of drug-likeness (QED) is 0.556. The van der Waals surface area contributed by atoms with Crippen LogP contribution in [0, 0.1) is 0 Å². The molecule has 0 atom stereocenters. The van der Waals surface area contributed by atoms with E-state index in [1.807, 2.05) is 0 Å². The molecule has 0 nitrogen and oxygen atoms in total. The maximum absolute atomic E-state index is 2.70. The minimum absolute atomic E-state index is 1.54. The Morgan fingerprint density at radius 3 is 1.27 bits per heavy atom. The SMILES string of the molecule is [I][Zr]([I])([c]1ccccc1)[c]1ccccc1. The third kappa shape index (κ3) is 2.92. The normalized spacial score (nSPS) is 11.3. The first-order chi connectivity index (χ1) is 7.21. The van der Waals surface area contributed by atoms with Crippen LogP contribution in [-0.4, -0.2) is 0 Å². The van der Waals surface area contributed by atoms with E-state index in [1.165, 1.54) is 0 Å². The second-order valence-electron chi connectivity index (χ2n) is 3.31. The third-order valence-electron chi connectivity index (χ3n) is 2.27. The van der Waals surface area contributed by atoms with E-state index in [-0.39, 0.29) is 0 Å². The molecule has 2 rings (SSSR count). The zero-order valence-corrected chi connectivity index (χ0v) is 14.8. The van der Waals surface area contributed by atoms with Crippen molar-refractivity contribution in [2.45, 2.75) is 0 Å². The molecule has 2 aromatic rings. The zero-order valence-electron chi connectivity index (χ0n) is 8.03. The Bertz CT molecular complexity index is 384. The fourth-order valence-electron chi connectivity index (χ4n) is 1.46. The van der Waals surface area contributed by atoms with E-state index in [4.69, 9.17) is 0 Å². The molecule has 0 aliphatic rings. The van der Waals surface area contributed by atoms with Crippen LogP contribution in [0.3, 0.4) is 0 Å². The fraction of sp³-hybridized carbons (Fsp3) is 0. The Morgan fingerprint density at radius 1 is 0.600 bits per heavy atom. The van der Waals surface area contributed by atoms with E-state index in [9.17, 15) is 0 Å². The monoisotopic (exact) mass is 498 g/mol. The first-order valence-electron chi connectivity index (χ1n) is 4.70. The summed E-state index contributed by atoms with van der Waals surface area (Å²) in [7, 11) is 0. The summed E-state index contributed by atoms with van der Waals surface area (Å²) in [6.45, 7) is 0. The van der Waals surface area contributed by atoms with Crippen LogP contribution in [0.25, 0.3) is 0 Å². The van der Waals surface area contributed by atoms with Crippen molar-refractivity contribution in [1.29, 1.82) is 0 Å². The van der Waals surface area contributed by atoms with Gasteiger partial charge in [0.15, 0.2) is 0 Å². The molecule has 0 unspecified atom stereocenters. The molecule has 0 aliphatic carbocycles. The number of hydrogen-bond acceptors (Lipinski definition) is 0. The first-order valence-corrected chi connectivity index (χ1v) is 21.8. The molecule has 0 amide bonds. The van der Waals surface area contributed by atoms with Crippen molar-refractivity contribution in [1.82, 2.24) is 0 Å². The Labute approximate surface area is 113 Å². The average Bonchev–Trinajstić information content (AvgIpc) is 2.31. The molecule has 0 saturated carbocycles. The van der Waals surface area contributed by atoms with Crippen molar-refractivity contribution >= 4 is 42.6 Å². The van der Waals surface area contributed by atoms with Crippen molar-refractivity contribution in [2.24, 2.45) is 0 Å². The molecule has 15 heavy (non-hydrogen) atoms. The van der Waals surface area contributed by atoms with E-state index in [2.05, 4.69) is 96.8 Å². The second kappa shape index (κ2) is 5.41. The summed E-state index contributed by atoms with van der Waals surface area (Å²) in [5, 5.41) is 0. The van der Waals surface area contributed by atoms with Crippen molar-refractivity contribution in [3.05, 3.63) is 60.7 Å². The van der Waals surface area contributed by atoms with Crippen LogP contribution in [-0.2, 0) is 11.9 Å². The number of halogens is 2. The Morgan fingerprint density at radius 2 is 0.933 bits per heavy atom. The van der Waals surface area contributed by atoms with Gasteiger partial charge in [-0.15, -0.1) is 0 Å². The zero-order chi connectivity index (χ0) is 10.7. The van der Waals surface area contributed by atoms with Crippen molar-refractivity contribution in [3.63, 3.8) is 0 Å². The van der Waals surface area contributed by atoms with Crippen LogP contribution in [0.15, 0.2) is 60.7 Å². The van der Waals surface area contributed by atoms with Crippen LogP contribution in [0.1, 0.15) is 0 Å². The van der Waals surface area contributed by atoms with E-state index < -0.39 is 11.9 Å². The summed E-state index contributed by atoms with van der Waals surface area (Å²) in [5.74, 6) is 0.